The van der Waals surface area contributed by atoms with Crippen LogP contribution in [0, 0.1) is 11.3 Å². The van der Waals surface area contributed by atoms with Crippen LogP contribution < -0.4 is 5.32 Å². The molecule has 22 heavy (non-hydrogen) atoms. The predicted octanol–water partition coefficient (Wildman–Crippen LogP) is 2.31. The lowest BCUT2D eigenvalue weighted by Gasteiger charge is -2.38. The van der Waals surface area contributed by atoms with Crippen molar-refractivity contribution in [2.24, 2.45) is 0 Å². The summed E-state index contributed by atoms with van der Waals surface area (Å²) in [5.74, 6) is -0.374. The molecule has 2 rings (SSSR count). The van der Waals surface area contributed by atoms with Crippen LogP contribution in [0.1, 0.15) is 28.8 Å². The van der Waals surface area contributed by atoms with Crippen LogP contribution in [-0.4, -0.2) is 42.7 Å². The standard InChI is InChI=1S/C15H16F3N3O/c1-21-9-12(5-6-13(21)15(16,17)18)20-14(22)11-4-2-3-10(7-11)8-19/h2-4,7,12-13H,5-6,9H2,1H3,(H,20,22)/t12-,13-/m1/s1. The molecule has 1 saturated heterocycles. The van der Waals surface area contributed by atoms with Gasteiger partial charge in [-0.25, -0.2) is 0 Å². The van der Waals surface area contributed by atoms with E-state index in [4.69, 9.17) is 5.26 Å². The highest BCUT2D eigenvalue weighted by atomic mass is 19.4. The molecule has 0 saturated carbocycles. The number of piperidine rings is 1. The Balaban J connectivity index is 1.98. The molecule has 2 atom stereocenters. The van der Waals surface area contributed by atoms with Crippen molar-refractivity contribution in [3.63, 3.8) is 0 Å². The number of alkyl halides is 3. The van der Waals surface area contributed by atoms with Gasteiger partial charge in [0.1, 0.15) is 6.04 Å². The zero-order valence-electron chi connectivity index (χ0n) is 12.0. The maximum Gasteiger partial charge on any atom is 0.404 e. The van der Waals surface area contributed by atoms with Crippen LogP contribution in [0.4, 0.5) is 13.2 Å². The third-order valence-electron chi connectivity index (χ3n) is 3.80. The molecule has 7 heteroatoms. The van der Waals surface area contributed by atoms with E-state index in [9.17, 15) is 18.0 Å². The molecule has 1 amide bonds. The molecule has 1 N–H and O–H groups in total. The number of halogens is 3. The van der Waals surface area contributed by atoms with E-state index < -0.39 is 12.2 Å². The van der Waals surface area contributed by atoms with E-state index in [0.29, 0.717) is 11.1 Å². The van der Waals surface area contributed by atoms with Crippen LogP contribution in [0.5, 0.6) is 0 Å². The molecule has 0 spiro atoms. The number of benzene rings is 1. The number of carbonyl (C=O) groups is 1. The third-order valence-corrected chi connectivity index (χ3v) is 3.80. The van der Waals surface area contributed by atoms with Crippen molar-refractivity contribution in [3.05, 3.63) is 35.4 Å². The summed E-state index contributed by atoms with van der Waals surface area (Å²) in [4.78, 5) is 13.3. The van der Waals surface area contributed by atoms with Crippen molar-refractivity contribution in [2.75, 3.05) is 13.6 Å². The van der Waals surface area contributed by atoms with Gasteiger partial charge in [-0.1, -0.05) is 6.07 Å². The molecule has 1 fully saturated rings. The second-order valence-electron chi connectivity index (χ2n) is 5.44. The molecular weight excluding hydrogens is 295 g/mol. The first-order chi connectivity index (χ1) is 10.3. The number of rotatable bonds is 2. The molecule has 0 aliphatic carbocycles. The molecular formula is C15H16F3N3O. The second kappa shape index (κ2) is 6.36. The zero-order valence-corrected chi connectivity index (χ0v) is 12.0. The summed E-state index contributed by atoms with van der Waals surface area (Å²) in [7, 11) is 1.41. The van der Waals surface area contributed by atoms with Crippen molar-refractivity contribution in [2.45, 2.75) is 31.1 Å². The van der Waals surface area contributed by atoms with Crippen molar-refractivity contribution in [1.29, 1.82) is 5.26 Å². The minimum atomic E-state index is -4.25. The Morgan fingerprint density at radius 1 is 1.41 bits per heavy atom. The van der Waals surface area contributed by atoms with Gasteiger partial charge in [-0.15, -0.1) is 0 Å². The highest BCUT2D eigenvalue weighted by Gasteiger charge is 2.44. The van der Waals surface area contributed by atoms with E-state index in [1.165, 1.54) is 18.0 Å². The van der Waals surface area contributed by atoms with Crippen LogP contribution in [0.25, 0.3) is 0 Å². The number of amides is 1. The molecule has 118 valence electrons. The normalized spacial score (nSPS) is 22.9. The smallest absolute Gasteiger partial charge is 0.348 e. The summed E-state index contributed by atoms with van der Waals surface area (Å²) in [6.45, 7) is 0.147. The number of likely N-dealkylation sites (N-methyl/N-ethyl adjacent to an activating group) is 1. The number of nitrogens with zero attached hydrogens (tertiary/aromatic N) is 2. The Bertz CT molecular complexity index is 594. The summed E-state index contributed by atoms with van der Waals surface area (Å²) in [6.07, 6.45) is -4.01. The van der Waals surface area contributed by atoms with Crippen LogP contribution in [0.15, 0.2) is 24.3 Å². The van der Waals surface area contributed by atoms with E-state index >= 15 is 0 Å². The van der Waals surface area contributed by atoms with Gasteiger partial charge in [-0.05, 0) is 38.1 Å². The molecule has 1 aliphatic heterocycles. The van der Waals surface area contributed by atoms with Crippen molar-refractivity contribution in [1.82, 2.24) is 10.2 Å². The summed E-state index contributed by atoms with van der Waals surface area (Å²) >= 11 is 0. The third kappa shape index (κ3) is 3.77. The number of hydrogen-bond acceptors (Lipinski definition) is 3. The molecule has 0 aromatic heterocycles. The fourth-order valence-electron chi connectivity index (χ4n) is 2.68. The minimum absolute atomic E-state index is 0.0385. The first-order valence-corrected chi connectivity index (χ1v) is 6.89. The van der Waals surface area contributed by atoms with E-state index in [0.717, 1.165) is 0 Å². The maximum atomic E-state index is 12.8. The number of nitriles is 1. The first kappa shape index (κ1) is 16.3. The molecule has 1 aliphatic rings. The van der Waals surface area contributed by atoms with Gasteiger partial charge in [0.15, 0.2) is 0 Å². The molecule has 4 nitrogen and oxygen atoms in total. The average molecular weight is 311 g/mol. The lowest BCUT2D eigenvalue weighted by atomic mass is 9.98. The number of nitrogens with one attached hydrogen (secondary N) is 1. The number of hydrogen-bond donors (Lipinski definition) is 1. The minimum Gasteiger partial charge on any atom is -0.348 e. The van der Waals surface area contributed by atoms with E-state index in [1.54, 1.807) is 18.2 Å². The fourth-order valence-corrected chi connectivity index (χ4v) is 2.68. The van der Waals surface area contributed by atoms with Crippen LogP contribution in [0.3, 0.4) is 0 Å². The van der Waals surface area contributed by atoms with Crippen LogP contribution in [0.2, 0.25) is 0 Å². The quantitative estimate of drug-likeness (QED) is 0.912. The van der Waals surface area contributed by atoms with Gasteiger partial charge < -0.3 is 5.32 Å². The Morgan fingerprint density at radius 2 is 2.14 bits per heavy atom. The highest BCUT2D eigenvalue weighted by molar-refractivity contribution is 5.94. The van der Waals surface area contributed by atoms with Gasteiger partial charge in [-0.2, -0.15) is 18.4 Å². The van der Waals surface area contributed by atoms with E-state index in [1.807, 2.05) is 6.07 Å². The van der Waals surface area contributed by atoms with E-state index in [-0.39, 0.29) is 31.3 Å². The van der Waals surface area contributed by atoms with Crippen LogP contribution >= 0.6 is 0 Å². The monoisotopic (exact) mass is 311 g/mol. The molecule has 1 aromatic carbocycles. The van der Waals surface area contributed by atoms with Gasteiger partial charge in [-0.3, -0.25) is 9.69 Å². The molecule has 1 heterocycles. The predicted molar refractivity (Wildman–Crippen MR) is 74.1 cm³/mol. The zero-order chi connectivity index (χ0) is 16.3. The van der Waals surface area contributed by atoms with Gasteiger partial charge in [0.05, 0.1) is 11.6 Å². The number of carbonyl (C=O) groups excluding carboxylic acids is 1. The lowest BCUT2D eigenvalue weighted by molar-refractivity contribution is -0.188. The summed E-state index contributed by atoms with van der Waals surface area (Å²) < 4.78 is 38.3. The molecule has 0 radical (unpaired) electrons. The van der Waals surface area contributed by atoms with E-state index in [2.05, 4.69) is 5.32 Å². The van der Waals surface area contributed by atoms with Gasteiger partial charge in [0, 0.05) is 18.2 Å². The van der Waals surface area contributed by atoms with Gasteiger partial charge >= 0.3 is 6.18 Å². The second-order valence-corrected chi connectivity index (χ2v) is 5.44. The highest BCUT2D eigenvalue weighted by Crippen LogP contribution is 2.30. The lowest BCUT2D eigenvalue weighted by Crippen LogP contribution is -2.54. The Kier molecular flexibility index (Phi) is 4.71. The largest absolute Gasteiger partial charge is 0.404 e. The fraction of sp³-hybridized carbons (Fsp3) is 0.467. The molecule has 0 unspecified atom stereocenters. The van der Waals surface area contributed by atoms with Crippen molar-refractivity contribution in [3.8, 4) is 6.07 Å². The van der Waals surface area contributed by atoms with Crippen molar-refractivity contribution < 1.29 is 18.0 Å². The maximum absolute atomic E-state index is 12.8. The topological polar surface area (TPSA) is 56.1 Å². The molecule has 1 aromatic rings. The SMILES string of the molecule is CN1C[C@H](NC(=O)c2cccc(C#N)c2)CC[C@@H]1C(F)(F)F. The average Bonchev–Trinajstić information content (AvgIpc) is 2.46. The summed E-state index contributed by atoms with van der Waals surface area (Å²) in [5, 5.41) is 11.5. The van der Waals surface area contributed by atoms with Gasteiger partial charge in [0.25, 0.3) is 5.91 Å². The first-order valence-electron chi connectivity index (χ1n) is 6.89. The Hall–Kier alpha value is -2.07. The number of likely N-dealkylation sites (tertiary alicyclic amines) is 1. The summed E-state index contributed by atoms with van der Waals surface area (Å²) in [5.41, 5.74) is 0.699. The Labute approximate surface area is 126 Å². The molecule has 0 bridgehead atoms. The Morgan fingerprint density at radius 3 is 2.73 bits per heavy atom. The summed E-state index contributed by atoms with van der Waals surface area (Å²) in [6, 6.07) is 6.36. The van der Waals surface area contributed by atoms with Gasteiger partial charge in [0.2, 0.25) is 0 Å². The van der Waals surface area contributed by atoms with Crippen LogP contribution in [-0.2, 0) is 0 Å². The van der Waals surface area contributed by atoms with Crippen molar-refractivity contribution >= 4 is 5.91 Å².